The quantitative estimate of drug-likeness (QED) is 0.250. The lowest BCUT2D eigenvalue weighted by molar-refractivity contribution is -0.205. The molecule has 0 bridgehead atoms. The van der Waals surface area contributed by atoms with Crippen molar-refractivity contribution in [2.45, 2.75) is 63.2 Å². The summed E-state index contributed by atoms with van der Waals surface area (Å²) in [5.41, 5.74) is 2.65. The summed E-state index contributed by atoms with van der Waals surface area (Å²) in [7, 11) is 2.94. The van der Waals surface area contributed by atoms with Gasteiger partial charge in [0.25, 0.3) is 0 Å². The van der Waals surface area contributed by atoms with Crippen molar-refractivity contribution in [3.05, 3.63) is 29.3 Å². The fraction of sp³-hybridized carbons (Fsp3) is 0.571. The molecule has 2 unspecified atom stereocenters. The fourth-order valence-electron chi connectivity index (χ4n) is 6.80. The number of hydrogen-bond donors (Lipinski definition) is 3. The van der Waals surface area contributed by atoms with E-state index in [1.807, 2.05) is 6.92 Å². The van der Waals surface area contributed by atoms with Crippen LogP contribution in [0.15, 0.2) is 18.2 Å². The predicted molar refractivity (Wildman–Crippen MR) is 135 cm³/mol. The number of ketones is 4. The largest absolute Gasteiger partial charge is 0.507 e. The van der Waals surface area contributed by atoms with Gasteiger partial charge in [-0.15, -0.1) is 0 Å². The number of carbonyl (C=O) groups is 6. The third-order valence-corrected chi connectivity index (χ3v) is 8.58. The van der Waals surface area contributed by atoms with Crippen LogP contribution < -0.4 is 5.73 Å². The third-order valence-electron chi connectivity index (χ3n) is 8.58. The first kappa shape index (κ1) is 28.6. The second-order valence-electron chi connectivity index (χ2n) is 11.0. The van der Waals surface area contributed by atoms with Crippen LogP contribution in [0.1, 0.15) is 61.4 Å². The Morgan fingerprint density at radius 1 is 1.10 bits per heavy atom. The Labute approximate surface area is 225 Å². The average Bonchev–Trinajstić information content (AvgIpc) is 2.85. The number of hydrogen-bond acceptors (Lipinski definition) is 10. The summed E-state index contributed by atoms with van der Waals surface area (Å²) in [6, 6.07) is 3.04. The first-order chi connectivity index (χ1) is 18.3. The van der Waals surface area contributed by atoms with Gasteiger partial charge in [0, 0.05) is 12.3 Å². The standard InChI is InChI=1S/C28H34N2O9/c1-5-6-7-11-15(32)39-24-16-12(2)13-9-8-10-14(31)17(13)22(33)18(16)25(35)28(38)20(24)21(30(3)4)23(34)19(26(28)36)27(29)37/h8-10,12,16,18-21,24,31,38H,5-7,11H2,1-4H3,(H2,29,37)/t12-,16+,18?,19?,20+,21-,24-,28-/m1/s1. The summed E-state index contributed by atoms with van der Waals surface area (Å²) >= 11 is 0. The second-order valence-corrected chi connectivity index (χ2v) is 11.0. The fourth-order valence-corrected chi connectivity index (χ4v) is 6.80. The highest BCUT2D eigenvalue weighted by atomic mass is 16.5. The van der Waals surface area contributed by atoms with E-state index in [1.54, 1.807) is 19.1 Å². The van der Waals surface area contributed by atoms with Crippen molar-refractivity contribution < 1.29 is 43.7 Å². The number of aliphatic hydroxyl groups is 1. The summed E-state index contributed by atoms with van der Waals surface area (Å²) in [6.07, 6.45) is 0.684. The molecule has 1 aromatic carbocycles. The molecule has 1 aromatic rings. The third kappa shape index (κ3) is 4.19. The molecule has 2 saturated carbocycles. The smallest absolute Gasteiger partial charge is 0.306 e. The zero-order valence-corrected chi connectivity index (χ0v) is 22.4. The Hall–Kier alpha value is -3.44. The molecule has 2 fully saturated rings. The first-order valence-corrected chi connectivity index (χ1v) is 13.2. The normalized spacial score (nSPS) is 33.8. The first-order valence-electron chi connectivity index (χ1n) is 13.2. The van der Waals surface area contributed by atoms with Gasteiger partial charge in [-0.1, -0.05) is 38.8 Å². The SMILES string of the molecule is CCCCCC(=O)O[C@@H]1[C@@H]2C(C(=O)c3c(O)cccc3[C@H]2C)C(=O)[C@@]2(O)C(=O)C(C(N)=O)C(=O)[C@H](N(C)C)[C@@H]12. The van der Waals surface area contributed by atoms with Gasteiger partial charge < -0.3 is 20.7 Å². The van der Waals surface area contributed by atoms with Gasteiger partial charge in [-0.05, 0) is 38.1 Å². The molecule has 0 radical (unpaired) electrons. The highest BCUT2D eigenvalue weighted by molar-refractivity contribution is 6.32. The number of benzene rings is 1. The predicted octanol–water partition coefficient (Wildman–Crippen LogP) is 0.530. The Morgan fingerprint density at radius 2 is 1.77 bits per heavy atom. The number of phenols is 1. The molecule has 8 atom stereocenters. The number of esters is 1. The number of fused-ring (bicyclic) bond motifs is 3. The lowest BCUT2D eigenvalue weighted by Crippen LogP contribution is -2.78. The van der Waals surface area contributed by atoms with Crippen LogP contribution in [0.25, 0.3) is 0 Å². The molecule has 1 amide bonds. The molecule has 11 heteroatoms. The number of aromatic hydroxyl groups is 1. The van der Waals surface area contributed by atoms with Crippen LogP contribution in [0.2, 0.25) is 0 Å². The number of primary amides is 1. The van der Waals surface area contributed by atoms with Crippen molar-refractivity contribution in [3.8, 4) is 5.75 Å². The van der Waals surface area contributed by atoms with Gasteiger partial charge >= 0.3 is 5.97 Å². The monoisotopic (exact) mass is 542 g/mol. The maximum atomic E-state index is 14.1. The average molecular weight is 543 g/mol. The highest BCUT2D eigenvalue weighted by Crippen LogP contribution is 2.55. The summed E-state index contributed by atoms with van der Waals surface area (Å²) in [6.45, 7) is 3.66. The number of unbranched alkanes of at least 4 members (excludes halogenated alkanes) is 2. The topological polar surface area (TPSA) is 181 Å². The molecule has 0 saturated heterocycles. The number of Topliss-reactive ketones (excluding diaryl/α,β-unsaturated/α-hetero) is 4. The van der Waals surface area contributed by atoms with Gasteiger partial charge in [0.05, 0.1) is 23.4 Å². The van der Waals surface area contributed by atoms with Gasteiger partial charge in [0.15, 0.2) is 34.7 Å². The summed E-state index contributed by atoms with van der Waals surface area (Å²) in [5, 5.41) is 22.5. The molecule has 39 heavy (non-hydrogen) atoms. The zero-order valence-electron chi connectivity index (χ0n) is 22.4. The summed E-state index contributed by atoms with van der Waals surface area (Å²) < 4.78 is 5.91. The van der Waals surface area contributed by atoms with Crippen LogP contribution in [0.3, 0.4) is 0 Å². The van der Waals surface area contributed by atoms with Crippen LogP contribution >= 0.6 is 0 Å². The minimum Gasteiger partial charge on any atom is -0.507 e. The molecular formula is C28H34N2O9. The van der Waals surface area contributed by atoms with Gasteiger partial charge in [-0.2, -0.15) is 0 Å². The Kier molecular flexibility index (Phi) is 7.52. The molecule has 4 N–H and O–H groups in total. The number of amides is 1. The van der Waals surface area contributed by atoms with E-state index in [0.717, 1.165) is 12.8 Å². The van der Waals surface area contributed by atoms with Crippen LogP contribution in [-0.2, 0) is 28.7 Å². The van der Waals surface area contributed by atoms with E-state index in [9.17, 15) is 39.0 Å². The molecule has 4 rings (SSSR count). The number of nitrogens with two attached hydrogens (primary N) is 1. The number of phenolic OH excluding ortho intramolecular Hbond substituents is 1. The maximum Gasteiger partial charge on any atom is 0.306 e. The molecule has 0 spiro atoms. The number of ether oxygens (including phenoxy) is 1. The molecule has 0 heterocycles. The van der Waals surface area contributed by atoms with Crippen molar-refractivity contribution in [2.24, 2.45) is 29.4 Å². The Balaban J connectivity index is 1.95. The molecule has 0 aromatic heterocycles. The number of likely N-dealkylation sites (N-methyl/N-ethyl adjacent to an activating group) is 1. The molecular weight excluding hydrogens is 508 g/mol. The van der Waals surface area contributed by atoms with Gasteiger partial charge in [-0.25, -0.2) is 0 Å². The number of rotatable bonds is 7. The molecule has 11 nitrogen and oxygen atoms in total. The van der Waals surface area contributed by atoms with Crippen molar-refractivity contribution in [2.75, 3.05) is 14.1 Å². The van der Waals surface area contributed by atoms with Gasteiger partial charge in [0.1, 0.15) is 11.9 Å². The number of nitrogens with zero attached hydrogens (tertiary/aromatic N) is 1. The van der Waals surface area contributed by atoms with Crippen LogP contribution in [0, 0.1) is 23.7 Å². The second kappa shape index (κ2) is 10.3. The van der Waals surface area contributed by atoms with Crippen LogP contribution in [0.4, 0.5) is 0 Å². The summed E-state index contributed by atoms with van der Waals surface area (Å²) in [4.78, 5) is 81.6. The van der Waals surface area contributed by atoms with E-state index in [0.29, 0.717) is 12.0 Å². The van der Waals surface area contributed by atoms with Crippen molar-refractivity contribution >= 4 is 35.0 Å². The molecule has 3 aliphatic rings. The zero-order chi connectivity index (χ0) is 29.0. The lowest BCUT2D eigenvalue weighted by atomic mass is 9.49. The Bertz CT molecular complexity index is 1260. The van der Waals surface area contributed by atoms with Gasteiger partial charge in [0.2, 0.25) is 5.91 Å². The highest BCUT2D eigenvalue weighted by Gasteiger charge is 2.74. The summed E-state index contributed by atoms with van der Waals surface area (Å²) in [5.74, 6) is -13.9. The van der Waals surface area contributed by atoms with Crippen molar-refractivity contribution in [3.63, 3.8) is 0 Å². The van der Waals surface area contributed by atoms with Crippen LogP contribution in [0.5, 0.6) is 5.75 Å². The minimum atomic E-state index is -3.02. The van der Waals surface area contributed by atoms with Crippen LogP contribution in [-0.4, -0.2) is 82.0 Å². The van der Waals surface area contributed by atoms with Crippen molar-refractivity contribution in [1.82, 2.24) is 4.90 Å². The van der Waals surface area contributed by atoms with E-state index < -0.39 is 82.3 Å². The van der Waals surface area contributed by atoms with E-state index in [2.05, 4.69) is 0 Å². The minimum absolute atomic E-state index is 0.0129. The van der Waals surface area contributed by atoms with Gasteiger partial charge in [-0.3, -0.25) is 33.7 Å². The number of carbonyl (C=O) groups excluding carboxylic acids is 6. The maximum absolute atomic E-state index is 14.1. The Morgan fingerprint density at radius 3 is 2.36 bits per heavy atom. The van der Waals surface area contributed by atoms with E-state index in [1.165, 1.54) is 25.1 Å². The van der Waals surface area contributed by atoms with E-state index >= 15 is 0 Å². The van der Waals surface area contributed by atoms with Crippen molar-refractivity contribution in [1.29, 1.82) is 0 Å². The van der Waals surface area contributed by atoms with E-state index in [-0.39, 0.29) is 17.7 Å². The molecule has 0 aliphatic heterocycles. The lowest BCUT2D eigenvalue weighted by Gasteiger charge is -2.56. The molecule has 210 valence electrons. The molecule has 3 aliphatic carbocycles. The van der Waals surface area contributed by atoms with E-state index in [4.69, 9.17) is 10.5 Å².